The van der Waals surface area contributed by atoms with E-state index in [0.29, 0.717) is 6.54 Å². The van der Waals surface area contributed by atoms with Gasteiger partial charge in [0.05, 0.1) is 6.42 Å². The number of carboxylic acid groups (broad SMARTS) is 1. The van der Waals surface area contributed by atoms with Crippen LogP contribution >= 0.6 is 0 Å². The van der Waals surface area contributed by atoms with Gasteiger partial charge in [-0.3, -0.25) is 4.79 Å². The number of aryl methyl sites for hydroxylation is 2. The van der Waals surface area contributed by atoms with Crippen LogP contribution in [0.25, 0.3) is 0 Å². The zero-order chi connectivity index (χ0) is 17.1. The number of rotatable bonds is 6. The second-order valence-electron chi connectivity index (χ2n) is 5.40. The summed E-state index contributed by atoms with van der Waals surface area (Å²) in [6, 6.07) is 14.4. The van der Waals surface area contributed by atoms with Gasteiger partial charge in [-0.2, -0.15) is 0 Å². The Kier molecular flexibility index (Phi) is 8.62. The first-order valence-electron chi connectivity index (χ1n) is 7.73. The minimum absolute atomic E-state index is 0.0948. The number of carboxylic acids is 1. The molecule has 0 saturated carbocycles. The maximum atomic E-state index is 13.2. The van der Waals surface area contributed by atoms with Crippen LogP contribution in [-0.2, 0) is 17.6 Å². The van der Waals surface area contributed by atoms with Crippen LogP contribution in [0.2, 0.25) is 0 Å². The monoisotopic (exact) mass is 317 g/mol. The average Bonchev–Trinajstić information content (AvgIpc) is 2.52. The molecule has 3 N–H and O–H groups in total. The summed E-state index contributed by atoms with van der Waals surface area (Å²) in [5.41, 5.74) is 8.14. The smallest absolute Gasteiger partial charge is 0.307 e. The minimum atomic E-state index is -0.786. The van der Waals surface area contributed by atoms with E-state index >= 15 is 0 Å². The van der Waals surface area contributed by atoms with Crippen LogP contribution in [0.3, 0.4) is 0 Å². The Morgan fingerprint density at radius 1 is 1.13 bits per heavy atom. The van der Waals surface area contributed by atoms with Gasteiger partial charge in [-0.15, -0.1) is 0 Å². The lowest BCUT2D eigenvalue weighted by Gasteiger charge is -2.03. The molecule has 0 radical (unpaired) electrons. The summed E-state index contributed by atoms with van der Waals surface area (Å²) in [5.74, 6) is -0.881. The molecule has 0 amide bonds. The van der Waals surface area contributed by atoms with Gasteiger partial charge in [0.25, 0.3) is 0 Å². The fourth-order valence-electron chi connectivity index (χ4n) is 2.13. The molecule has 3 nitrogen and oxygen atoms in total. The van der Waals surface area contributed by atoms with E-state index in [-0.39, 0.29) is 12.2 Å². The van der Waals surface area contributed by atoms with Gasteiger partial charge in [0.15, 0.2) is 0 Å². The highest BCUT2D eigenvalue weighted by atomic mass is 19.1. The van der Waals surface area contributed by atoms with E-state index < -0.39 is 5.97 Å². The first kappa shape index (κ1) is 18.8. The van der Waals surface area contributed by atoms with E-state index in [2.05, 4.69) is 0 Å². The van der Waals surface area contributed by atoms with Gasteiger partial charge in [-0.05, 0) is 49.9 Å². The number of aliphatic carboxylic acids is 1. The summed E-state index contributed by atoms with van der Waals surface area (Å²) in [6.07, 6.45) is 2.84. The van der Waals surface area contributed by atoms with Gasteiger partial charge < -0.3 is 10.8 Å². The first-order chi connectivity index (χ1) is 11.0. The van der Waals surface area contributed by atoms with Crippen molar-refractivity contribution in [1.82, 2.24) is 0 Å². The number of benzene rings is 2. The van der Waals surface area contributed by atoms with Crippen LogP contribution < -0.4 is 5.73 Å². The highest BCUT2D eigenvalue weighted by Gasteiger charge is 2.01. The largest absolute Gasteiger partial charge is 0.481 e. The number of hydrogen-bond donors (Lipinski definition) is 2. The first-order valence-corrected chi connectivity index (χ1v) is 7.73. The number of halogens is 1. The van der Waals surface area contributed by atoms with E-state index in [1.165, 1.54) is 6.07 Å². The lowest BCUT2D eigenvalue weighted by atomic mass is 10.1. The van der Waals surface area contributed by atoms with Gasteiger partial charge >= 0.3 is 5.97 Å². The molecule has 0 heterocycles. The Balaban J connectivity index is 0.000000238. The highest BCUT2D eigenvalue weighted by Crippen LogP contribution is 2.12. The molecule has 0 fully saturated rings. The Morgan fingerprint density at radius 3 is 2.43 bits per heavy atom. The van der Waals surface area contributed by atoms with Crippen molar-refractivity contribution < 1.29 is 14.3 Å². The van der Waals surface area contributed by atoms with Gasteiger partial charge in [0.2, 0.25) is 0 Å². The van der Waals surface area contributed by atoms with Gasteiger partial charge in [-0.25, -0.2) is 4.39 Å². The molecule has 4 heteroatoms. The Bertz CT molecular complexity index is 600. The van der Waals surface area contributed by atoms with Crippen molar-refractivity contribution in [2.24, 2.45) is 5.73 Å². The van der Waals surface area contributed by atoms with Gasteiger partial charge in [-0.1, -0.05) is 48.0 Å². The molecule has 0 aliphatic rings. The molecule has 2 aromatic rings. The van der Waals surface area contributed by atoms with Crippen molar-refractivity contribution in [1.29, 1.82) is 0 Å². The molecule has 23 heavy (non-hydrogen) atoms. The van der Waals surface area contributed by atoms with E-state index in [9.17, 15) is 9.18 Å². The van der Waals surface area contributed by atoms with Crippen molar-refractivity contribution in [3.05, 3.63) is 71.0 Å². The zero-order valence-corrected chi connectivity index (χ0v) is 13.5. The van der Waals surface area contributed by atoms with Crippen LogP contribution in [0.5, 0.6) is 0 Å². The standard InChI is InChI=1S/C11H16FN.C8H8O2/c1-9-5-6-11(12)10(8-9)4-2-3-7-13;9-8(10)6-7-4-2-1-3-5-7/h5-6,8H,2-4,7,13H2,1H3;1-5H,6H2,(H,9,10). The zero-order valence-electron chi connectivity index (χ0n) is 13.5. The summed E-state index contributed by atoms with van der Waals surface area (Å²) < 4.78 is 13.2. The van der Waals surface area contributed by atoms with E-state index in [0.717, 1.165) is 36.0 Å². The third-order valence-corrected chi connectivity index (χ3v) is 3.30. The number of hydrogen-bond acceptors (Lipinski definition) is 2. The molecular weight excluding hydrogens is 293 g/mol. The average molecular weight is 317 g/mol. The number of unbranched alkanes of at least 4 members (excludes halogenated alkanes) is 1. The molecule has 2 aromatic carbocycles. The molecule has 0 unspecified atom stereocenters. The lowest BCUT2D eigenvalue weighted by Crippen LogP contribution is -2.00. The van der Waals surface area contributed by atoms with E-state index in [4.69, 9.17) is 10.8 Å². The van der Waals surface area contributed by atoms with Crippen LogP contribution in [0.1, 0.15) is 29.5 Å². The quantitative estimate of drug-likeness (QED) is 0.798. The Hall–Kier alpha value is -2.20. The van der Waals surface area contributed by atoms with Crippen molar-refractivity contribution >= 4 is 5.97 Å². The Morgan fingerprint density at radius 2 is 1.83 bits per heavy atom. The third kappa shape index (κ3) is 8.12. The van der Waals surface area contributed by atoms with Gasteiger partial charge in [0, 0.05) is 0 Å². The maximum absolute atomic E-state index is 13.2. The fraction of sp³-hybridized carbons (Fsp3) is 0.316. The molecule has 0 saturated heterocycles. The fourth-order valence-corrected chi connectivity index (χ4v) is 2.13. The van der Waals surface area contributed by atoms with Gasteiger partial charge in [0.1, 0.15) is 5.82 Å². The third-order valence-electron chi connectivity index (χ3n) is 3.30. The van der Waals surface area contributed by atoms with Crippen molar-refractivity contribution in [2.75, 3.05) is 6.54 Å². The van der Waals surface area contributed by atoms with Crippen LogP contribution in [-0.4, -0.2) is 17.6 Å². The normalized spacial score (nSPS) is 9.87. The van der Waals surface area contributed by atoms with Crippen LogP contribution in [0, 0.1) is 12.7 Å². The molecule has 124 valence electrons. The number of nitrogens with two attached hydrogens (primary N) is 1. The second-order valence-corrected chi connectivity index (χ2v) is 5.40. The predicted octanol–water partition coefficient (Wildman–Crippen LogP) is 3.73. The molecule has 0 aliphatic carbocycles. The number of carbonyl (C=O) groups is 1. The van der Waals surface area contributed by atoms with Crippen LogP contribution in [0.15, 0.2) is 48.5 Å². The summed E-state index contributed by atoms with van der Waals surface area (Å²) in [5, 5.41) is 8.37. The summed E-state index contributed by atoms with van der Waals surface area (Å²) in [7, 11) is 0. The molecule has 0 atom stereocenters. The lowest BCUT2D eigenvalue weighted by molar-refractivity contribution is -0.136. The Labute approximate surface area is 137 Å². The molecule has 0 aromatic heterocycles. The highest BCUT2D eigenvalue weighted by molar-refractivity contribution is 5.70. The van der Waals surface area contributed by atoms with E-state index in [1.54, 1.807) is 18.2 Å². The SMILES string of the molecule is Cc1ccc(F)c(CCCCN)c1.O=C(O)Cc1ccccc1. The van der Waals surface area contributed by atoms with Crippen molar-refractivity contribution in [3.8, 4) is 0 Å². The molecule has 0 aliphatic heterocycles. The summed E-state index contributed by atoms with van der Waals surface area (Å²) >= 11 is 0. The minimum Gasteiger partial charge on any atom is -0.481 e. The van der Waals surface area contributed by atoms with Crippen LogP contribution in [0.4, 0.5) is 4.39 Å². The predicted molar refractivity (Wildman–Crippen MR) is 90.9 cm³/mol. The topological polar surface area (TPSA) is 63.3 Å². The maximum Gasteiger partial charge on any atom is 0.307 e. The molecule has 0 bridgehead atoms. The van der Waals surface area contributed by atoms with E-state index in [1.807, 2.05) is 31.2 Å². The summed E-state index contributed by atoms with van der Waals surface area (Å²) in [4.78, 5) is 10.2. The molecule has 2 rings (SSSR count). The summed E-state index contributed by atoms with van der Waals surface area (Å²) in [6.45, 7) is 2.67. The molecular formula is C19H24FNO2. The van der Waals surface area contributed by atoms with Crippen molar-refractivity contribution in [2.45, 2.75) is 32.6 Å². The second kappa shape index (κ2) is 10.5. The molecule has 0 spiro atoms. The van der Waals surface area contributed by atoms with Crippen molar-refractivity contribution in [3.63, 3.8) is 0 Å².